The number of piperidine rings is 1. The van der Waals surface area contributed by atoms with E-state index in [1.807, 2.05) is 30.3 Å². The Kier molecular flexibility index (Phi) is 5.46. The fourth-order valence-electron chi connectivity index (χ4n) is 3.79. The van der Waals surface area contributed by atoms with E-state index < -0.39 is 0 Å². The van der Waals surface area contributed by atoms with E-state index >= 15 is 0 Å². The van der Waals surface area contributed by atoms with Crippen LogP contribution >= 0.6 is 12.4 Å². The number of aromatic nitrogens is 5. The zero-order chi connectivity index (χ0) is 18.9. The summed E-state index contributed by atoms with van der Waals surface area (Å²) in [6.07, 6.45) is 4.21. The molecule has 1 aliphatic heterocycles. The third-order valence-electron chi connectivity index (χ3n) is 5.20. The maximum absolute atomic E-state index is 12.3. The number of benzene rings is 1. The van der Waals surface area contributed by atoms with Gasteiger partial charge in [0.05, 0.1) is 23.9 Å². The van der Waals surface area contributed by atoms with E-state index in [9.17, 15) is 4.79 Å². The zero-order valence-corrected chi connectivity index (χ0v) is 16.5. The van der Waals surface area contributed by atoms with Crippen LogP contribution in [-0.2, 0) is 6.42 Å². The number of hydrogen-bond acceptors (Lipinski definition) is 6. The highest BCUT2D eigenvalue weighted by Gasteiger charge is 2.22. The van der Waals surface area contributed by atoms with Gasteiger partial charge in [-0.05, 0) is 31.5 Å². The number of H-pyrrole nitrogens is 1. The summed E-state index contributed by atoms with van der Waals surface area (Å²) in [5.74, 6) is 1.26. The Bertz CT molecular complexity index is 1160. The molecule has 29 heavy (non-hydrogen) atoms. The van der Waals surface area contributed by atoms with Crippen molar-refractivity contribution in [1.82, 2.24) is 30.1 Å². The minimum absolute atomic E-state index is 0. The molecule has 1 aliphatic rings. The Balaban J connectivity index is 0.00000205. The summed E-state index contributed by atoms with van der Waals surface area (Å²) < 4.78 is 7.23. The highest BCUT2D eigenvalue weighted by molar-refractivity contribution is 5.85. The summed E-state index contributed by atoms with van der Waals surface area (Å²) in [5, 5.41) is 12.0. The average molecular weight is 413 g/mol. The van der Waals surface area contributed by atoms with E-state index in [0.717, 1.165) is 37.2 Å². The Labute approximate surface area is 172 Å². The van der Waals surface area contributed by atoms with Crippen LogP contribution in [0.25, 0.3) is 17.0 Å². The van der Waals surface area contributed by atoms with E-state index in [-0.39, 0.29) is 18.0 Å². The predicted octanol–water partition coefficient (Wildman–Crippen LogP) is 2.55. The predicted molar refractivity (Wildman–Crippen MR) is 110 cm³/mol. The molecular formula is C20H21ClN6O2. The first-order chi connectivity index (χ1) is 13.8. The van der Waals surface area contributed by atoms with Crippen molar-refractivity contribution >= 4 is 18.1 Å². The molecule has 5 rings (SSSR count). The standard InChI is InChI=1S/C20H20N6O2.ClH/c27-17-11-16(14-6-8-21-9-7-14)26-20(23-17)15(12-22-26)19-24-18(28-25-19)10-13-4-2-1-3-5-13;/h1-5,11-12,14,21H,6-10H2,(H,23,27);1H. The molecule has 1 aromatic carbocycles. The number of aromatic amines is 1. The molecule has 3 aromatic heterocycles. The average Bonchev–Trinajstić information content (AvgIpc) is 3.35. The quantitative estimate of drug-likeness (QED) is 0.534. The van der Waals surface area contributed by atoms with Crippen molar-refractivity contribution < 1.29 is 4.52 Å². The molecule has 0 amide bonds. The molecule has 1 saturated heterocycles. The lowest BCUT2D eigenvalue weighted by molar-refractivity contribution is 0.386. The van der Waals surface area contributed by atoms with Crippen molar-refractivity contribution in [2.24, 2.45) is 0 Å². The van der Waals surface area contributed by atoms with Crippen LogP contribution in [0.4, 0.5) is 0 Å². The summed E-state index contributed by atoms with van der Waals surface area (Å²) >= 11 is 0. The lowest BCUT2D eigenvalue weighted by atomic mass is 9.94. The second-order valence-corrected chi connectivity index (χ2v) is 7.08. The molecule has 0 unspecified atom stereocenters. The van der Waals surface area contributed by atoms with Crippen LogP contribution in [0.3, 0.4) is 0 Å². The van der Waals surface area contributed by atoms with Crippen molar-refractivity contribution in [2.75, 3.05) is 13.1 Å². The normalized spacial score (nSPS) is 14.8. The molecule has 4 heterocycles. The van der Waals surface area contributed by atoms with Gasteiger partial charge in [-0.1, -0.05) is 35.5 Å². The second kappa shape index (κ2) is 8.18. The van der Waals surface area contributed by atoms with E-state index in [2.05, 4.69) is 25.5 Å². The molecule has 150 valence electrons. The van der Waals surface area contributed by atoms with Gasteiger partial charge in [-0.2, -0.15) is 10.1 Å². The first-order valence-electron chi connectivity index (χ1n) is 9.46. The smallest absolute Gasteiger partial charge is 0.251 e. The summed E-state index contributed by atoms with van der Waals surface area (Å²) in [7, 11) is 0. The number of nitrogens with zero attached hydrogens (tertiary/aromatic N) is 4. The van der Waals surface area contributed by atoms with Crippen LogP contribution in [0, 0.1) is 0 Å². The minimum Gasteiger partial charge on any atom is -0.339 e. The van der Waals surface area contributed by atoms with Crippen LogP contribution in [-0.4, -0.2) is 37.8 Å². The number of nitrogens with one attached hydrogen (secondary N) is 2. The van der Waals surface area contributed by atoms with Crippen LogP contribution in [0.1, 0.15) is 35.9 Å². The Morgan fingerprint density at radius 2 is 1.97 bits per heavy atom. The van der Waals surface area contributed by atoms with Gasteiger partial charge in [-0.15, -0.1) is 12.4 Å². The van der Waals surface area contributed by atoms with Gasteiger partial charge in [0.1, 0.15) is 5.65 Å². The fourth-order valence-corrected chi connectivity index (χ4v) is 3.79. The first kappa shape index (κ1) is 19.4. The van der Waals surface area contributed by atoms with Crippen LogP contribution in [0.15, 0.2) is 51.9 Å². The van der Waals surface area contributed by atoms with Crippen LogP contribution < -0.4 is 10.9 Å². The highest BCUT2D eigenvalue weighted by Crippen LogP contribution is 2.27. The van der Waals surface area contributed by atoms with Crippen molar-refractivity contribution in [3.05, 3.63) is 70.1 Å². The molecule has 0 spiro atoms. The Morgan fingerprint density at radius 3 is 2.76 bits per heavy atom. The highest BCUT2D eigenvalue weighted by atomic mass is 35.5. The molecule has 9 heteroatoms. The molecule has 8 nitrogen and oxygen atoms in total. The zero-order valence-electron chi connectivity index (χ0n) is 15.7. The van der Waals surface area contributed by atoms with Crippen molar-refractivity contribution in [3.63, 3.8) is 0 Å². The maximum atomic E-state index is 12.3. The first-order valence-corrected chi connectivity index (χ1v) is 9.46. The summed E-state index contributed by atoms with van der Waals surface area (Å²) in [6, 6.07) is 11.6. The van der Waals surface area contributed by atoms with Gasteiger partial charge in [-0.3, -0.25) is 4.79 Å². The topological polar surface area (TPSA) is 101 Å². The molecule has 2 N–H and O–H groups in total. The fraction of sp³-hybridized carbons (Fsp3) is 0.300. The van der Waals surface area contributed by atoms with E-state index in [1.165, 1.54) is 0 Å². The summed E-state index contributed by atoms with van der Waals surface area (Å²) in [4.78, 5) is 19.7. The van der Waals surface area contributed by atoms with Crippen molar-refractivity contribution in [2.45, 2.75) is 25.2 Å². The lowest BCUT2D eigenvalue weighted by Crippen LogP contribution is -2.28. The van der Waals surface area contributed by atoms with E-state index in [4.69, 9.17) is 4.52 Å². The second-order valence-electron chi connectivity index (χ2n) is 7.08. The number of rotatable bonds is 4. The van der Waals surface area contributed by atoms with E-state index in [1.54, 1.807) is 16.8 Å². The molecule has 4 aromatic rings. The van der Waals surface area contributed by atoms with Gasteiger partial charge in [0, 0.05) is 12.0 Å². The molecule has 0 bridgehead atoms. The van der Waals surface area contributed by atoms with Gasteiger partial charge < -0.3 is 14.8 Å². The molecule has 0 aliphatic carbocycles. The molecular weight excluding hydrogens is 392 g/mol. The molecule has 0 atom stereocenters. The Hall–Kier alpha value is -2.97. The summed E-state index contributed by atoms with van der Waals surface area (Å²) in [5.41, 5.74) is 3.15. The van der Waals surface area contributed by atoms with Gasteiger partial charge >= 0.3 is 0 Å². The Morgan fingerprint density at radius 1 is 1.17 bits per heavy atom. The molecule has 1 fully saturated rings. The van der Waals surface area contributed by atoms with Crippen molar-refractivity contribution in [1.29, 1.82) is 0 Å². The van der Waals surface area contributed by atoms with Gasteiger partial charge in [0.2, 0.25) is 11.7 Å². The van der Waals surface area contributed by atoms with Crippen LogP contribution in [0.2, 0.25) is 0 Å². The number of halogens is 1. The molecule has 0 saturated carbocycles. The largest absolute Gasteiger partial charge is 0.339 e. The SMILES string of the molecule is Cl.O=c1cc(C2CCNCC2)n2ncc(-c3noc(Cc4ccccc4)n3)c2[nH]1. The van der Waals surface area contributed by atoms with E-state index in [0.29, 0.717) is 35.3 Å². The number of fused-ring (bicyclic) bond motifs is 1. The third kappa shape index (κ3) is 3.81. The summed E-state index contributed by atoms with van der Waals surface area (Å²) in [6.45, 7) is 1.89. The van der Waals surface area contributed by atoms with Crippen LogP contribution in [0.5, 0.6) is 0 Å². The minimum atomic E-state index is -0.143. The van der Waals surface area contributed by atoms with Gasteiger partial charge in [-0.25, -0.2) is 4.52 Å². The third-order valence-corrected chi connectivity index (χ3v) is 5.20. The monoisotopic (exact) mass is 412 g/mol. The van der Waals surface area contributed by atoms with Gasteiger partial charge in [0.25, 0.3) is 5.56 Å². The molecule has 0 radical (unpaired) electrons. The maximum Gasteiger partial charge on any atom is 0.251 e. The van der Waals surface area contributed by atoms with Crippen molar-refractivity contribution in [3.8, 4) is 11.4 Å². The number of hydrogen-bond donors (Lipinski definition) is 2. The lowest BCUT2D eigenvalue weighted by Gasteiger charge is -2.23. The van der Waals surface area contributed by atoms with Gasteiger partial charge in [0.15, 0.2) is 0 Å².